The molecule has 32 heavy (non-hydrogen) atoms. The molecule has 0 bridgehead atoms. The lowest BCUT2D eigenvalue weighted by Gasteiger charge is -2.11. The molecule has 0 unspecified atom stereocenters. The second-order valence-corrected chi connectivity index (χ2v) is 7.49. The lowest BCUT2D eigenvalue weighted by atomic mass is 10.1. The first kappa shape index (κ1) is 21.3. The third kappa shape index (κ3) is 3.43. The molecule has 0 radical (unpaired) electrons. The summed E-state index contributed by atoms with van der Waals surface area (Å²) in [5, 5.41) is 0. The number of amides is 1. The summed E-state index contributed by atoms with van der Waals surface area (Å²) in [4.78, 5) is 35.0. The molecule has 2 heterocycles. The van der Waals surface area contributed by atoms with Crippen molar-refractivity contribution in [2.45, 2.75) is 34.2 Å². The number of benzene rings is 2. The van der Waals surface area contributed by atoms with Gasteiger partial charge in [0.1, 0.15) is 11.3 Å². The molecule has 0 fully saturated rings. The van der Waals surface area contributed by atoms with Gasteiger partial charge in [-0.15, -0.1) is 0 Å². The van der Waals surface area contributed by atoms with Crippen LogP contribution in [0.2, 0.25) is 0 Å². The first-order chi connectivity index (χ1) is 15.4. The van der Waals surface area contributed by atoms with E-state index in [9.17, 15) is 9.59 Å². The van der Waals surface area contributed by atoms with Crippen molar-refractivity contribution in [3.05, 3.63) is 69.8 Å². The average Bonchev–Trinajstić information content (AvgIpc) is 3.06. The van der Waals surface area contributed by atoms with E-state index in [2.05, 4.69) is 4.98 Å². The van der Waals surface area contributed by atoms with E-state index in [-0.39, 0.29) is 17.2 Å². The molecule has 0 saturated heterocycles. The van der Waals surface area contributed by atoms with E-state index in [4.69, 9.17) is 15.5 Å². The smallest absolute Gasteiger partial charge is 0.335 e. The fraction of sp³-hybridized carbons (Fsp3) is 0.250. The van der Waals surface area contributed by atoms with Crippen molar-refractivity contribution in [3.8, 4) is 22.8 Å². The number of imidazole rings is 1. The van der Waals surface area contributed by atoms with Gasteiger partial charge in [-0.05, 0) is 63.1 Å². The van der Waals surface area contributed by atoms with E-state index >= 15 is 0 Å². The Morgan fingerprint density at radius 3 is 2.47 bits per heavy atom. The van der Waals surface area contributed by atoms with Gasteiger partial charge in [-0.3, -0.25) is 9.36 Å². The second-order valence-electron chi connectivity index (χ2n) is 7.49. The SMILES string of the molecule is CCOc1ccccc1-c1nc(C(N)=O)c2c(n1)n(-c1ccc(C)c(C)c1)c(=O)n2CC. The number of aromatic nitrogens is 4. The third-order valence-corrected chi connectivity index (χ3v) is 5.50. The minimum absolute atomic E-state index is 0.00200. The zero-order valence-electron chi connectivity index (χ0n) is 18.5. The predicted molar refractivity (Wildman–Crippen MR) is 123 cm³/mol. The highest BCUT2D eigenvalue weighted by molar-refractivity contribution is 6.02. The monoisotopic (exact) mass is 431 g/mol. The molecule has 4 aromatic rings. The van der Waals surface area contributed by atoms with Gasteiger partial charge in [-0.25, -0.2) is 19.3 Å². The Morgan fingerprint density at radius 2 is 1.81 bits per heavy atom. The molecule has 4 rings (SSSR count). The van der Waals surface area contributed by atoms with Crippen molar-refractivity contribution in [1.29, 1.82) is 0 Å². The van der Waals surface area contributed by atoms with Gasteiger partial charge in [0.25, 0.3) is 5.91 Å². The standard InChI is InChI=1S/C24H25N5O3/c1-5-28-20-19(21(25)30)26-22(17-9-7-8-10-18(17)32-6-2)27-23(20)29(24(28)31)16-12-11-14(3)15(4)13-16/h7-13H,5-6H2,1-4H3,(H2,25,30). The number of ether oxygens (including phenoxy) is 1. The molecule has 8 nitrogen and oxygen atoms in total. The summed E-state index contributed by atoms with van der Waals surface area (Å²) in [6.45, 7) is 8.50. The number of fused-ring (bicyclic) bond motifs is 1. The van der Waals surface area contributed by atoms with Crippen LogP contribution in [0.3, 0.4) is 0 Å². The first-order valence-electron chi connectivity index (χ1n) is 10.5. The molecule has 1 amide bonds. The van der Waals surface area contributed by atoms with Gasteiger partial charge in [0, 0.05) is 6.54 Å². The molecule has 8 heteroatoms. The number of carbonyl (C=O) groups excluding carboxylic acids is 1. The quantitative estimate of drug-likeness (QED) is 0.504. The number of para-hydroxylation sites is 1. The minimum Gasteiger partial charge on any atom is -0.493 e. The van der Waals surface area contributed by atoms with Gasteiger partial charge in [-0.2, -0.15) is 0 Å². The van der Waals surface area contributed by atoms with E-state index in [0.29, 0.717) is 41.3 Å². The van der Waals surface area contributed by atoms with Gasteiger partial charge in [-0.1, -0.05) is 18.2 Å². The van der Waals surface area contributed by atoms with Crippen molar-refractivity contribution in [3.63, 3.8) is 0 Å². The van der Waals surface area contributed by atoms with Gasteiger partial charge < -0.3 is 10.5 Å². The van der Waals surface area contributed by atoms with Crippen LogP contribution in [0.4, 0.5) is 0 Å². The zero-order chi connectivity index (χ0) is 23.0. The highest BCUT2D eigenvalue weighted by atomic mass is 16.5. The van der Waals surface area contributed by atoms with Crippen LogP contribution in [-0.2, 0) is 6.54 Å². The lowest BCUT2D eigenvalue weighted by Crippen LogP contribution is -2.23. The van der Waals surface area contributed by atoms with E-state index < -0.39 is 5.91 Å². The molecular weight excluding hydrogens is 406 g/mol. The van der Waals surface area contributed by atoms with Crippen molar-refractivity contribution in [2.24, 2.45) is 5.73 Å². The minimum atomic E-state index is -0.730. The van der Waals surface area contributed by atoms with Crippen molar-refractivity contribution in [1.82, 2.24) is 19.1 Å². The molecule has 0 aliphatic carbocycles. The summed E-state index contributed by atoms with van der Waals surface area (Å²) in [5.41, 5.74) is 9.46. The number of nitrogens with zero attached hydrogens (tertiary/aromatic N) is 4. The Kier molecular flexibility index (Phi) is 5.52. The first-order valence-corrected chi connectivity index (χ1v) is 10.5. The fourth-order valence-corrected chi connectivity index (χ4v) is 3.77. The van der Waals surface area contributed by atoms with Crippen LogP contribution in [0.25, 0.3) is 28.2 Å². The van der Waals surface area contributed by atoms with Crippen LogP contribution in [0, 0.1) is 13.8 Å². The van der Waals surface area contributed by atoms with Crippen molar-refractivity contribution < 1.29 is 9.53 Å². The maximum Gasteiger partial charge on any atom is 0.335 e. The fourth-order valence-electron chi connectivity index (χ4n) is 3.77. The van der Waals surface area contributed by atoms with Gasteiger partial charge in [0.15, 0.2) is 17.2 Å². The number of rotatable bonds is 6. The summed E-state index contributed by atoms with van der Waals surface area (Å²) < 4.78 is 8.71. The Balaban J connectivity index is 2.12. The third-order valence-electron chi connectivity index (χ3n) is 5.50. The highest BCUT2D eigenvalue weighted by Crippen LogP contribution is 2.30. The molecule has 164 valence electrons. The normalized spacial score (nSPS) is 11.1. The van der Waals surface area contributed by atoms with Crippen LogP contribution in [0.15, 0.2) is 47.3 Å². The molecule has 0 atom stereocenters. The molecule has 2 N–H and O–H groups in total. The molecule has 0 aliphatic heterocycles. The van der Waals surface area contributed by atoms with Gasteiger partial charge in [0.2, 0.25) is 0 Å². The summed E-state index contributed by atoms with van der Waals surface area (Å²) in [6, 6.07) is 13.0. The van der Waals surface area contributed by atoms with E-state index in [0.717, 1.165) is 11.1 Å². The summed E-state index contributed by atoms with van der Waals surface area (Å²) in [5.74, 6) is 0.118. The molecule has 0 saturated carbocycles. The number of aryl methyl sites for hydroxylation is 3. The van der Waals surface area contributed by atoms with Crippen molar-refractivity contribution in [2.75, 3.05) is 6.61 Å². The van der Waals surface area contributed by atoms with Crippen LogP contribution >= 0.6 is 0 Å². The van der Waals surface area contributed by atoms with Crippen molar-refractivity contribution >= 4 is 17.1 Å². The van der Waals surface area contributed by atoms with Crippen LogP contribution < -0.4 is 16.2 Å². The van der Waals surface area contributed by atoms with E-state index in [1.807, 2.05) is 70.2 Å². The number of carbonyl (C=O) groups is 1. The Bertz CT molecular complexity index is 1400. The van der Waals surface area contributed by atoms with E-state index in [1.165, 1.54) is 9.13 Å². The van der Waals surface area contributed by atoms with Crippen LogP contribution in [-0.4, -0.2) is 31.6 Å². The zero-order valence-corrected chi connectivity index (χ0v) is 18.5. The summed E-state index contributed by atoms with van der Waals surface area (Å²) in [6.07, 6.45) is 0. The summed E-state index contributed by atoms with van der Waals surface area (Å²) >= 11 is 0. The molecule has 2 aromatic carbocycles. The molecular formula is C24H25N5O3. The van der Waals surface area contributed by atoms with Crippen LogP contribution in [0.1, 0.15) is 35.5 Å². The van der Waals surface area contributed by atoms with E-state index in [1.54, 1.807) is 0 Å². The highest BCUT2D eigenvalue weighted by Gasteiger charge is 2.24. The molecule has 0 spiro atoms. The predicted octanol–water partition coefficient (Wildman–Crippen LogP) is 3.38. The molecule has 0 aliphatic rings. The topological polar surface area (TPSA) is 105 Å². The lowest BCUT2D eigenvalue weighted by molar-refractivity contribution is 0.0997. The maximum absolute atomic E-state index is 13.4. The average molecular weight is 431 g/mol. The number of primary amides is 1. The Hall–Kier alpha value is -3.94. The number of hydrogen-bond acceptors (Lipinski definition) is 5. The van der Waals surface area contributed by atoms with Gasteiger partial charge >= 0.3 is 5.69 Å². The van der Waals surface area contributed by atoms with Crippen LogP contribution in [0.5, 0.6) is 5.75 Å². The maximum atomic E-state index is 13.4. The Morgan fingerprint density at radius 1 is 1.06 bits per heavy atom. The number of hydrogen-bond donors (Lipinski definition) is 1. The summed E-state index contributed by atoms with van der Waals surface area (Å²) in [7, 11) is 0. The Labute approximate surface area is 185 Å². The largest absolute Gasteiger partial charge is 0.493 e. The second kappa shape index (κ2) is 8.30. The number of nitrogens with two attached hydrogens (primary N) is 1. The van der Waals surface area contributed by atoms with Gasteiger partial charge in [0.05, 0.1) is 17.9 Å². The molecule has 2 aromatic heterocycles.